The molecule has 6 aromatic rings. The number of aromatic nitrogens is 6. The quantitative estimate of drug-likeness (QED) is 0.0907. The van der Waals surface area contributed by atoms with Crippen LogP contribution in [-0.2, 0) is 23.8 Å². The average molecular weight is 1030 g/mol. The van der Waals surface area contributed by atoms with Gasteiger partial charge in [0.15, 0.2) is 0 Å². The van der Waals surface area contributed by atoms with Gasteiger partial charge in [0, 0.05) is 46.8 Å². The summed E-state index contributed by atoms with van der Waals surface area (Å²) in [6, 6.07) is 11.1. The number of nitrogens with one attached hydrogen (secondary N) is 4. The Morgan fingerprint density at radius 3 is 2.24 bits per heavy atom. The molecular formula is C55H64N10O8S. The lowest BCUT2D eigenvalue weighted by molar-refractivity contribution is -0.140. The standard InChI is InChI=1S/C55H64N10O8S/c1-26(2)46(61-54(68)70-6)51(66)63-14-8-9-39(63)48-56-24-37(60-48)32-15-27(3)45-41-20-33-18-31(12-13-38(33)65(41)53(73-43(45)22-32)44-25-58-50(74-44)30-10-11-30)36-23-57-49(59-36)42-21-34-19-40(34)64(42)52(67)47(62-55(69)71-7)35-16-28(4)72-29(5)17-35/h12-13,15,18,20,22-26,28-30,34-35,39-40,42,46-47,53H,8-11,14,16-17,19,21H2,1-7H3,(H,56,60)(H,57,59)(H,61,68)(H,62,69)/t28-,29+,34-,35?,39+,40-,42+,46+,47?,53?/m1/s1. The van der Waals surface area contributed by atoms with E-state index in [4.69, 9.17) is 33.9 Å². The summed E-state index contributed by atoms with van der Waals surface area (Å²) in [5, 5.41) is 7.84. The lowest BCUT2D eigenvalue weighted by Gasteiger charge is -2.38. The van der Waals surface area contributed by atoms with Gasteiger partial charge >= 0.3 is 12.2 Å². The normalized spacial score (nSPS) is 25.7. The molecule has 6 aliphatic rings. The molecule has 18 nitrogen and oxygen atoms in total. The Balaban J connectivity index is 0.849. The van der Waals surface area contributed by atoms with Crippen LogP contribution in [0.3, 0.4) is 0 Å². The molecule has 12 rings (SSSR count). The summed E-state index contributed by atoms with van der Waals surface area (Å²) in [7, 11) is 2.62. The number of fused-ring (bicyclic) bond motifs is 6. The fourth-order valence-corrected chi connectivity index (χ4v) is 13.6. The predicted octanol–water partition coefficient (Wildman–Crippen LogP) is 9.30. The number of imidazole rings is 2. The number of carbonyl (C=O) groups is 4. The highest BCUT2D eigenvalue weighted by atomic mass is 32.1. The molecule has 0 bridgehead atoms. The molecule has 2 saturated carbocycles. The van der Waals surface area contributed by atoms with Crippen molar-refractivity contribution in [3.05, 3.63) is 82.1 Å². The second-order valence-electron chi connectivity index (χ2n) is 21.8. The number of ether oxygens (including phenoxy) is 4. The summed E-state index contributed by atoms with van der Waals surface area (Å²) >= 11 is 1.72. The second-order valence-corrected chi connectivity index (χ2v) is 22.9. The average Bonchev–Trinajstić information content (AvgIpc) is 3.86. The van der Waals surface area contributed by atoms with Crippen LogP contribution in [0.25, 0.3) is 44.7 Å². The Kier molecular flexibility index (Phi) is 12.3. The van der Waals surface area contributed by atoms with E-state index < -0.39 is 30.5 Å². The molecule has 10 atom stereocenters. The lowest BCUT2D eigenvalue weighted by atomic mass is 9.85. The van der Waals surface area contributed by atoms with Gasteiger partial charge in [-0.05, 0) is 126 Å². The van der Waals surface area contributed by atoms with Crippen molar-refractivity contribution in [2.24, 2.45) is 17.8 Å². The van der Waals surface area contributed by atoms with Crippen LogP contribution < -0.4 is 15.4 Å². The van der Waals surface area contributed by atoms with Gasteiger partial charge in [0.05, 0.1) is 83.4 Å². The van der Waals surface area contributed by atoms with Crippen molar-refractivity contribution in [2.45, 2.75) is 141 Å². The fourth-order valence-electron chi connectivity index (χ4n) is 12.4. The van der Waals surface area contributed by atoms with Gasteiger partial charge in [0.2, 0.25) is 18.0 Å². The number of aryl methyl sites for hydroxylation is 1. The minimum absolute atomic E-state index is 0.0301. The number of piperidine rings is 1. The zero-order valence-electron chi connectivity index (χ0n) is 42.8. The third-order valence-corrected chi connectivity index (χ3v) is 17.4. The molecule has 5 fully saturated rings. The minimum Gasteiger partial charge on any atom is -0.464 e. The first-order valence-electron chi connectivity index (χ1n) is 26.2. The zero-order valence-corrected chi connectivity index (χ0v) is 43.7. The molecule has 4 amide bonds. The van der Waals surface area contributed by atoms with Crippen LogP contribution >= 0.6 is 11.3 Å². The topological polar surface area (TPSA) is 211 Å². The summed E-state index contributed by atoms with van der Waals surface area (Å²) < 4.78 is 25.3. The van der Waals surface area contributed by atoms with Gasteiger partial charge < -0.3 is 49.3 Å². The fraction of sp³-hybridized carbons (Fsp3) is 0.509. The molecule has 2 aromatic carbocycles. The Morgan fingerprint density at radius 2 is 1.53 bits per heavy atom. The summed E-state index contributed by atoms with van der Waals surface area (Å²) in [5.41, 5.74) is 7.62. The Hall–Kier alpha value is -6.73. The van der Waals surface area contributed by atoms with Gasteiger partial charge in [-0.25, -0.2) is 24.5 Å². The predicted molar refractivity (Wildman–Crippen MR) is 276 cm³/mol. The van der Waals surface area contributed by atoms with E-state index in [1.807, 2.05) is 56.1 Å². The van der Waals surface area contributed by atoms with Crippen LogP contribution in [0.2, 0.25) is 0 Å². The number of nitrogens with zero attached hydrogens (tertiary/aromatic N) is 6. The number of likely N-dealkylation sites (tertiary alicyclic amines) is 2. The molecule has 4 N–H and O–H groups in total. The number of aromatic amines is 2. The second kappa shape index (κ2) is 18.9. The molecule has 8 heterocycles. The van der Waals surface area contributed by atoms with Gasteiger partial charge in [-0.3, -0.25) is 14.2 Å². The number of hydrogen-bond acceptors (Lipinski definition) is 12. The van der Waals surface area contributed by atoms with Crippen molar-refractivity contribution in [3.63, 3.8) is 0 Å². The summed E-state index contributed by atoms with van der Waals surface area (Å²) in [6.07, 6.45) is 10.8. The number of carbonyl (C=O) groups excluding carboxylic acids is 4. The minimum atomic E-state index is -0.734. The van der Waals surface area contributed by atoms with Crippen molar-refractivity contribution in [2.75, 3.05) is 20.8 Å². The highest BCUT2D eigenvalue weighted by molar-refractivity contribution is 7.11. The number of rotatable bonds is 12. The monoisotopic (exact) mass is 1020 g/mol. The first kappa shape index (κ1) is 48.2. The smallest absolute Gasteiger partial charge is 0.407 e. The first-order chi connectivity index (χ1) is 35.7. The Morgan fingerprint density at radius 1 is 0.811 bits per heavy atom. The van der Waals surface area contributed by atoms with Crippen LogP contribution in [0.4, 0.5) is 9.59 Å². The summed E-state index contributed by atoms with van der Waals surface area (Å²) in [6.45, 7) is 10.5. The molecular weight excluding hydrogens is 961 g/mol. The van der Waals surface area contributed by atoms with Gasteiger partial charge in [0.1, 0.15) is 29.5 Å². The zero-order chi connectivity index (χ0) is 51.3. The van der Waals surface area contributed by atoms with Crippen molar-refractivity contribution in [1.82, 2.24) is 49.9 Å². The van der Waals surface area contributed by atoms with Crippen molar-refractivity contribution >= 4 is 46.2 Å². The van der Waals surface area contributed by atoms with E-state index in [1.165, 1.54) is 14.2 Å². The van der Waals surface area contributed by atoms with E-state index in [2.05, 4.69) is 68.5 Å². The molecule has 3 saturated heterocycles. The lowest BCUT2D eigenvalue weighted by Crippen LogP contribution is -2.55. The van der Waals surface area contributed by atoms with Gasteiger partial charge in [-0.1, -0.05) is 19.9 Å². The SMILES string of the molecule is COC(=O)NC(C(=O)N1[C@@H]2C[C@@H]2C[C@H]1c1ncc(-c2ccc3c(c2)cc2n3C(c3cnc(C4CC4)s3)Oc3cc(-c4cnc([C@@H]5CCCN5C(=O)[C@@H](NC(=O)OC)C(C)C)[nH]4)cc(C)c3-2)[nH]1)C1C[C@@H](C)O[C@@H](C)C1. The molecule has 2 aliphatic carbocycles. The summed E-state index contributed by atoms with van der Waals surface area (Å²) in [4.78, 5) is 80.2. The maximum Gasteiger partial charge on any atom is 0.407 e. The third-order valence-electron chi connectivity index (χ3n) is 16.2. The molecule has 19 heteroatoms. The van der Waals surface area contributed by atoms with E-state index in [0.29, 0.717) is 37.0 Å². The first-order valence-corrected chi connectivity index (χ1v) is 27.1. The summed E-state index contributed by atoms with van der Waals surface area (Å²) in [5.74, 6) is 2.60. The van der Waals surface area contributed by atoms with Crippen molar-refractivity contribution in [1.29, 1.82) is 0 Å². The highest BCUT2D eigenvalue weighted by Crippen LogP contribution is 2.54. The number of hydrogen-bond donors (Lipinski definition) is 4. The third kappa shape index (κ3) is 8.68. The van der Waals surface area contributed by atoms with Gasteiger partial charge in [-0.2, -0.15) is 0 Å². The van der Waals surface area contributed by atoms with Crippen molar-refractivity contribution in [3.8, 4) is 39.5 Å². The number of H-pyrrole nitrogens is 2. The molecule has 388 valence electrons. The van der Waals surface area contributed by atoms with E-state index in [9.17, 15) is 19.2 Å². The molecule has 3 unspecified atom stereocenters. The van der Waals surface area contributed by atoms with Gasteiger partial charge in [-0.15, -0.1) is 11.3 Å². The van der Waals surface area contributed by atoms with Gasteiger partial charge in [0.25, 0.3) is 0 Å². The molecule has 4 aliphatic heterocycles. The number of benzene rings is 2. The largest absolute Gasteiger partial charge is 0.464 e. The Bertz CT molecular complexity index is 3160. The van der Waals surface area contributed by atoms with E-state index in [-0.39, 0.29) is 54.0 Å². The van der Waals surface area contributed by atoms with Crippen LogP contribution in [0.5, 0.6) is 5.75 Å². The number of amides is 4. The van der Waals surface area contributed by atoms with Crippen LogP contribution in [0.15, 0.2) is 55.0 Å². The van der Waals surface area contributed by atoms with E-state index in [1.54, 1.807) is 11.3 Å². The number of thiazole rings is 1. The Labute approximate surface area is 433 Å². The van der Waals surface area contributed by atoms with E-state index >= 15 is 0 Å². The van der Waals surface area contributed by atoms with Crippen molar-refractivity contribution < 1.29 is 38.1 Å². The van der Waals surface area contributed by atoms with E-state index in [0.717, 1.165) is 110 Å². The highest BCUT2D eigenvalue weighted by Gasteiger charge is 2.57. The molecule has 74 heavy (non-hydrogen) atoms. The number of methoxy groups -OCH3 is 2. The van der Waals surface area contributed by atoms with Crippen LogP contribution in [0, 0.1) is 24.7 Å². The number of alkyl carbamates (subject to hydrolysis) is 2. The molecule has 0 spiro atoms. The maximum absolute atomic E-state index is 14.7. The van der Waals surface area contributed by atoms with Crippen LogP contribution in [0.1, 0.15) is 130 Å². The maximum atomic E-state index is 14.7. The molecule has 0 radical (unpaired) electrons. The molecule has 4 aromatic heterocycles. The van der Waals surface area contributed by atoms with Crippen LogP contribution in [-0.4, -0.2) is 114 Å².